The maximum Gasteiger partial charge on any atom is 0.161 e. The highest BCUT2D eigenvalue weighted by Gasteiger charge is 2.41. The minimum Gasteiger partial charge on any atom is -0.384 e. The van der Waals surface area contributed by atoms with Crippen molar-refractivity contribution < 1.29 is 9.18 Å². The van der Waals surface area contributed by atoms with Crippen molar-refractivity contribution in [1.82, 2.24) is 0 Å². The number of nitrogens with two attached hydrogens (primary N) is 1. The van der Waals surface area contributed by atoms with E-state index in [1.807, 2.05) is 12.1 Å². The molecule has 0 amide bonds. The van der Waals surface area contributed by atoms with Crippen LogP contribution in [0.3, 0.4) is 0 Å². The molecule has 1 aliphatic carbocycles. The molecule has 0 fully saturated rings. The van der Waals surface area contributed by atoms with E-state index in [9.17, 15) is 14.4 Å². The number of carbonyl (C=O) groups is 1. The molecular weight excluding hydrogens is 509 g/mol. The third kappa shape index (κ3) is 3.11. The number of benzene rings is 1. The van der Waals surface area contributed by atoms with Crippen molar-refractivity contribution in [2.45, 2.75) is 25.2 Å². The number of halogens is 3. The van der Waals surface area contributed by atoms with Crippen LogP contribution in [0.1, 0.15) is 30.1 Å². The fourth-order valence-electron chi connectivity index (χ4n) is 3.79. The Morgan fingerprint density at radius 1 is 1.25 bits per heavy atom. The highest BCUT2D eigenvalue weighted by molar-refractivity contribution is 9.11. The fourth-order valence-corrected chi connectivity index (χ4v) is 5.67. The highest BCUT2D eigenvalue weighted by Crippen LogP contribution is 2.48. The third-order valence-corrected chi connectivity index (χ3v) is 7.12. The molecule has 4 rings (SSSR count). The lowest BCUT2D eigenvalue weighted by molar-refractivity contribution is -0.116. The van der Waals surface area contributed by atoms with E-state index >= 15 is 0 Å². The van der Waals surface area contributed by atoms with E-state index in [1.54, 1.807) is 17.0 Å². The highest BCUT2D eigenvalue weighted by atomic mass is 79.9. The SMILES string of the molecule is N#CC1=C(N)N(c2ccc(Br)cc2F)C2=C(C(=O)CCC2)C1c1ccc(Br)s1. The van der Waals surface area contributed by atoms with Crippen LogP contribution in [0.4, 0.5) is 10.1 Å². The van der Waals surface area contributed by atoms with Gasteiger partial charge < -0.3 is 5.73 Å². The standard InChI is InChI=1S/C20H14Br2FN3OS/c21-10-4-5-13(12(23)8-10)26-14-2-1-3-15(27)19(14)18(11(9-24)20(26)25)16-6-7-17(22)28-16/h4-8,18H,1-3,25H2. The Hall–Kier alpha value is -1.95. The van der Waals surface area contributed by atoms with Crippen LogP contribution in [0, 0.1) is 17.1 Å². The molecule has 1 atom stereocenters. The van der Waals surface area contributed by atoms with Crippen LogP contribution in [0.15, 0.2) is 61.3 Å². The predicted octanol–water partition coefficient (Wildman–Crippen LogP) is 5.72. The first-order valence-corrected chi connectivity index (χ1v) is 11.0. The third-order valence-electron chi connectivity index (χ3n) is 4.94. The Balaban J connectivity index is 1.98. The molecule has 0 radical (unpaired) electrons. The number of carbonyl (C=O) groups excluding carboxylic acids is 1. The van der Waals surface area contributed by atoms with Gasteiger partial charge >= 0.3 is 0 Å². The minimum absolute atomic E-state index is 0.0152. The summed E-state index contributed by atoms with van der Waals surface area (Å²) < 4.78 is 16.3. The molecule has 142 valence electrons. The summed E-state index contributed by atoms with van der Waals surface area (Å²) in [4.78, 5) is 15.4. The molecular formula is C20H14Br2FN3OS. The lowest BCUT2D eigenvalue weighted by atomic mass is 9.78. The van der Waals surface area contributed by atoms with Gasteiger partial charge in [-0.15, -0.1) is 11.3 Å². The van der Waals surface area contributed by atoms with E-state index in [-0.39, 0.29) is 22.9 Å². The van der Waals surface area contributed by atoms with Gasteiger partial charge in [-0.05, 0) is 59.1 Å². The number of hydrogen-bond acceptors (Lipinski definition) is 5. The van der Waals surface area contributed by atoms with Gasteiger partial charge in [0.2, 0.25) is 0 Å². The Labute approximate surface area is 182 Å². The lowest BCUT2D eigenvalue weighted by Gasteiger charge is -2.39. The first kappa shape index (κ1) is 19.4. The molecule has 4 nitrogen and oxygen atoms in total. The van der Waals surface area contributed by atoms with Gasteiger partial charge in [0.05, 0.1) is 27.0 Å². The topological polar surface area (TPSA) is 70.1 Å². The fraction of sp³-hybridized carbons (Fsp3) is 0.200. The summed E-state index contributed by atoms with van der Waals surface area (Å²) in [7, 11) is 0. The molecule has 2 heterocycles. The normalized spacial score (nSPS) is 19.7. The number of rotatable bonds is 2. The van der Waals surface area contributed by atoms with Crippen LogP contribution >= 0.6 is 43.2 Å². The van der Waals surface area contributed by atoms with Gasteiger partial charge in [-0.2, -0.15) is 5.26 Å². The average molecular weight is 523 g/mol. The van der Waals surface area contributed by atoms with E-state index in [0.29, 0.717) is 35.0 Å². The number of thiophene rings is 1. The number of hydrogen-bond donors (Lipinski definition) is 1. The number of Topliss-reactive ketones (excluding diaryl/α,β-unsaturated/α-hetero) is 1. The van der Waals surface area contributed by atoms with Crippen molar-refractivity contribution in [2.75, 3.05) is 4.90 Å². The van der Waals surface area contributed by atoms with Gasteiger partial charge in [0.1, 0.15) is 11.6 Å². The van der Waals surface area contributed by atoms with E-state index in [1.165, 1.54) is 17.4 Å². The van der Waals surface area contributed by atoms with E-state index < -0.39 is 11.7 Å². The number of allylic oxidation sites excluding steroid dienone is 3. The van der Waals surface area contributed by atoms with Crippen LogP contribution in [-0.2, 0) is 4.79 Å². The first-order chi connectivity index (χ1) is 13.4. The second-order valence-corrected chi connectivity index (χ2v) is 9.96. The average Bonchev–Trinajstić information content (AvgIpc) is 3.08. The van der Waals surface area contributed by atoms with Crippen molar-refractivity contribution >= 4 is 54.7 Å². The van der Waals surface area contributed by atoms with Gasteiger partial charge in [-0.1, -0.05) is 15.9 Å². The molecule has 28 heavy (non-hydrogen) atoms. The van der Waals surface area contributed by atoms with Gasteiger partial charge in [0.15, 0.2) is 5.78 Å². The number of nitrogens with zero attached hydrogens (tertiary/aromatic N) is 2. The zero-order valence-electron chi connectivity index (χ0n) is 14.5. The van der Waals surface area contributed by atoms with E-state index in [0.717, 1.165) is 8.66 Å². The van der Waals surface area contributed by atoms with Crippen LogP contribution in [0.25, 0.3) is 0 Å². The van der Waals surface area contributed by atoms with E-state index in [2.05, 4.69) is 37.9 Å². The quantitative estimate of drug-likeness (QED) is 0.547. The second-order valence-electron chi connectivity index (χ2n) is 6.55. The number of anilines is 1. The number of nitriles is 1. The molecule has 0 saturated carbocycles. The molecule has 0 spiro atoms. The largest absolute Gasteiger partial charge is 0.384 e. The summed E-state index contributed by atoms with van der Waals surface area (Å²) in [6, 6.07) is 10.6. The van der Waals surface area contributed by atoms with Gasteiger partial charge in [-0.3, -0.25) is 9.69 Å². The molecule has 1 aliphatic heterocycles. The molecule has 2 N–H and O–H groups in total. The maximum atomic E-state index is 14.8. The van der Waals surface area contributed by atoms with Crippen molar-refractivity contribution in [2.24, 2.45) is 5.73 Å². The van der Waals surface area contributed by atoms with Gasteiger partial charge in [-0.25, -0.2) is 4.39 Å². The lowest BCUT2D eigenvalue weighted by Crippen LogP contribution is -2.39. The number of ketones is 1. The molecule has 1 aromatic heterocycles. The molecule has 8 heteroatoms. The maximum absolute atomic E-state index is 14.8. The van der Waals surface area contributed by atoms with Crippen molar-refractivity contribution in [1.29, 1.82) is 5.26 Å². The van der Waals surface area contributed by atoms with Crippen LogP contribution < -0.4 is 10.6 Å². The first-order valence-electron chi connectivity index (χ1n) is 8.58. The van der Waals surface area contributed by atoms with E-state index in [4.69, 9.17) is 5.73 Å². The summed E-state index contributed by atoms with van der Waals surface area (Å²) in [5.41, 5.74) is 8.15. The van der Waals surface area contributed by atoms with Crippen LogP contribution in [-0.4, -0.2) is 5.78 Å². The summed E-state index contributed by atoms with van der Waals surface area (Å²) in [5, 5.41) is 9.90. The summed E-state index contributed by atoms with van der Waals surface area (Å²) in [6.45, 7) is 0. The Morgan fingerprint density at radius 2 is 2.04 bits per heavy atom. The molecule has 1 aromatic carbocycles. The smallest absolute Gasteiger partial charge is 0.161 e. The summed E-state index contributed by atoms with van der Waals surface area (Å²) in [5.74, 6) is -0.832. The Bertz CT molecular complexity index is 1100. The zero-order chi connectivity index (χ0) is 20.0. The van der Waals surface area contributed by atoms with Crippen LogP contribution in [0.5, 0.6) is 0 Å². The monoisotopic (exact) mass is 521 g/mol. The predicted molar refractivity (Wildman–Crippen MR) is 114 cm³/mol. The molecule has 2 aliphatic rings. The van der Waals surface area contributed by atoms with Gasteiger partial charge in [0, 0.05) is 27.0 Å². The zero-order valence-corrected chi connectivity index (χ0v) is 18.5. The van der Waals surface area contributed by atoms with Crippen molar-refractivity contribution in [3.8, 4) is 6.07 Å². The molecule has 1 unspecified atom stereocenters. The van der Waals surface area contributed by atoms with Crippen molar-refractivity contribution in [3.05, 3.63) is 71.9 Å². The molecule has 0 bridgehead atoms. The van der Waals surface area contributed by atoms with Crippen molar-refractivity contribution in [3.63, 3.8) is 0 Å². The summed E-state index contributed by atoms with van der Waals surface area (Å²) >= 11 is 8.17. The Morgan fingerprint density at radius 3 is 2.68 bits per heavy atom. The van der Waals surface area contributed by atoms with Crippen LogP contribution in [0.2, 0.25) is 0 Å². The Kier molecular flexibility index (Phi) is 5.17. The summed E-state index contributed by atoms with van der Waals surface area (Å²) in [6.07, 6.45) is 1.68. The molecule has 2 aromatic rings. The second kappa shape index (κ2) is 7.47. The molecule has 0 saturated heterocycles. The minimum atomic E-state index is -0.515. The van der Waals surface area contributed by atoms with Gasteiger partial charge in [0.25, 0.3) is 0 Å².